The lowest BCUT2D eigenvalue weighted by molar-refractivity contribution is 0.0594. The molecule has 0 spiro atoms. The van der Waals surface area contributed by atoms with Crippen LogP contribution in [0.2, 0.25) is 5.02 Å². The van der Waals surface area contributed by atoms with E-state index in [0.717, 1.165) is 5.56 Å². The van der Waals surface area contributed by atoms with Crippen LogP contribution in [0.1, 0.15) is 16.1 Å². The molecule has 0 aliphatic heterocycles. The molecule has 0 saturated carbocycles. The Morgan fingerprint density at radius 3 is 2.84 bits per heavy atom. The predicted molar refractivity (Wildman–Crippen MR) is 74.3 cm³/mol. The van der Waals surface area contributed by atoms with Gasteiger partial charge >= 0.3 is 5.97 Å². The number of nitrogens with zero attached hydrogens (tertiary/aromatic N) is 2. The second-order valence-electron chi connectivity index (χ2n) is 3.71. The summed E-state index contributed by atoms with van der Waals surface area (Å²) in [6, 6.07) is 10.6. The monoisotopic (exact) mass is 274 g/mol. The van der Waals surface area contributed by atoms with E-state index < -0.39 is 5.97 Å². The van der Waals surface area contributed by atoms with Crippen molar-refractivity contribution in [3.63, 3.8) is 0 Å². The van der Waals surface area contributed by atoms with Crippen molar-refractivity contribution in [1.29, 1.82) is 0 Å². The lowest BCUT2D eigenvalue weighted by Gasteiger charge is -1.98. The van der Waals surface area contributed by atoms with Crippen LogP contribution in [0.25, 0.3) is 0 Å². The van der Waals surface area contributed by atoms with Gasteiger partial charge in [0.15, 0.2) is 0 Å². The number of rotatable bonds is 3. The third-order valence-corrected chi connectivity index (χ3v) is 2.59. The molecule has 19 heavy (non-hydrogen) atoms. The minimum absolute atomic E-state index is 0.254. The largest absolute Gasteiger partial charge is 0.464 e. The summed E-state index contributed by atoms with van der Waals surface area (Å²) in [5.41, 5.74) is 1.79. The molecule has 1 heterocycles. The predicted octanol–water partition coefficient (Wildman–Crippen LogP) is 3.27. The number of carbonyl (C=O) groups excluding carboxylic acids is 1. The standard InChI is InChI=1S/C14H11ClN2O2/c1-19-14(18)13-6-5-12(9-17-13)16-8-10-3-2-4-11(15)7-10/h2-9H,1H3. The van der Waals surface area contributed by atoms with Crippen molar-refractivity contribution < 1.29 is 9.53 Å². The van der Waals surface area contributed by atoms with Crippen LogP contribution >= 0.6 is 11.6 Å². The molecule has 0 unspecified atom stereocenters. The van der Waals surface area contributed by atoms with Gasteiger partial charge in [-0.2, -0.15) is 0 Å². The molecule has 5 heteroatoms. The molecule has 2 rings (SSSR count). The second kappa shape index (κ2) is 6.11. The number of aromatic nitrogens is 1. The van der Waals surface area contributed by atoms with E-state index in [1.54, 1.807) is 30.5 Å². The zero-order valence-electron chi connectivity index (χ0n) is 10.2. The molecule has 2 aromatic rings. The number of pyridine rings is 1. The van der Waals surface area contributed by atoms with E-state index in [0.29, 0.717) is 10.7 Å². The number of benzene rings is 1. The summed E-state index contributed by atoms with van der Waals surface area (Å²) >= 11 is 5.87. The zero-order valence-corrected chi connectivity index (χ0v) is 11.0. The maximum absolute atomic E-state index is 11.2. The lowest BCUT2D eigenvalue weighted by Crippen LogP contribution is -2.02. The normalized spacial score (nSPS) is 10.6. The Hall–Kier alpha value is -2.20. The molecule has 4 nitrogen and oxygen atoms in total. The number of hydrogen-bond acceptors (Lipinski definition) is 4. The molecule has 0 N–H and O–H groups in total. The summed E-state index contributed by atoms with van der Waals surface area (Å²) in [7, 11) is 1.31. The van der Waals surface area contributed by atoms with Gasteiger partial charge in [0.05, 0.1) is 19.0 Å². The van der Waals surface area contributed by atoms with Gasteiger partial charge in [-0.25, -0.2) is 9.78 Å². The van der Waals surface area contributed by atoms with Crippen LogP contribution in [0.4, 0.5) is 5.69 Å². The lowest BCUT2D eigenvalue weighted by atomic mass is 10.2. The minimum atomic E-state index is -0.467. The van der Waals surface area contributed by atoms with Crippen molar-refractivity contribution in [1.82, 2.24) is 4.98 Å². The van der Waals surface area contributed by atoms with Gasteiger partial charge in [-0.1, -0.05) is 23.7 Å². The van der Waals surface area contributed by atoms with Gasteiger partial charge in [-0.05, 0) is 29.8 Å². The summed E-state index contributed by atoms with van der Waals surface area (Å²) in [6.07, 6.45) is 3.19. The SMILES string of the molecule is COC(=O)c1ccc(N=Cc2cccc(Cl)c2)cn1. The fourth-order valence-electron chi connectivity index (χ4n) is 1.42. The van der Waals surface area contributed by atoms with E-state index >= 15 is 0 Å². The maximum Gasteiger partial charge on any atom is 0.356 e. The van der Waals surface area contributed by atoms with Gasteiger partial charge in [0.25, 0.3) is 0 Å². The topological polar surface area (TPSA) is 51.5 Å². The minimum Gasteiger partial charge on any atom is -0.464 e. The molecule has 96 valence electrons. The quantitative estimate of drug-likeness (QED) is 0.637. The molecule has 0 fully saturated rings. The van der Waals surface area contributed by atoms with Crippen LogP contribution in [-0.4, -0.2) is 24.3 Å². The van der Waals surface area contributed by atoms with Crippen molar-refractivity contribution in [3.05, 3.63) is 58.9 Å². The first kappa shape index (κ1) is 13.2. The fourth-order valence-corrected chi connectivity index (χ4v) is 1.62. The van der Waals surface area contributed by atoms with Gasteiger partial charge in [0.2, 0.25) is 0 Å². The summed E-state index contributed by atoms with van der Waals surface area (Å²) in [5, 5.41) is 0.656. The Morgan fingerprint density at radius 1 is 1.37 bits per heavy atom. The van der Waals surface area contributed by atoms with Crippen LogP contribution in [0, 0.1) is 0 Å². The van der Waals surface area contributed by atoms with Crippen molar-refractivity contribution >= 4 is 29.5 Å². The highest BCUT2D eigenvalue weighted by Gasteiger charge is 2.05. The highest BCUT2D eigenvalue weighted by Crippen LogP contribution is 2.13. The summed E-state index contributed by atoms with van der Waals surface area (Å²) in [5.74, 6) is -0.467. The first-order valence-corrected chi connectivity index (χ1v) is 5.91. The Balaban J connectivity index is 2.13. The Kier molecular flexibility index (Phi) is 4.26. The maximum atomic E-state index is 11.2. The first-order valence-electron chi connectivity index (χ1n) is 5.53. The van der Waals surface area contributed by atoms with E-state index in [4.69, 9.17) is 11.6 Å². The van der Waals surface area contributed by atoms with Crippen LogP contribution in [0.3, 0.4) is 0 Å². The van der Waals surface area contributed by atoms with Gasteiger partial charge < -0.3 is 4.74 Å². The summed E-state index contributed by atoms with van der Waals surface area (Å²) in [4.78, 5) is 19.4. The number of methoxy groups -OCH3 is 1. The van der Waals surface area contributed by atoms with Gasteiger partial charge in [0, 0.05) is 11.2 Å². The van der Waals surface area contributed by atoms with E-state index in [9.17, 15) is 4.79 Å². The molecule has 1 aromatic carbocycles. The Labute approximate surface area is 115 Å². The number of halogens is 1. The first-order chi connectivity index (χ1) is 9.19. The molecule has 0 saturated heterocycles. The van der Waals surface area contributed by atoms with E-state index in [-0.39, 0.29) is 5.69 Å². The molecule has 0 aliphatic rings. The van der Waals surface area contributed by atoms with E-state index in [2.05, 4.69) is 14.7 Å². The van der Waals surface area contributed by atoms with Crippen LogP contribution in [0.15, 0.2) is 47.6 Å². The highest BCUT2D eigenvalue weighted by atomic mass is 35.5. The number of carbonyl (C=O) groups is 1. The Morgan fingerprint density at radius 2 is 2.21 bits per heavy atom. The number of esters is 1. The molecule has 0 atom stereocenters. The molecule has 1 aromatic heterocycles. The Bertz CT molecular complexity index is 609. The molecule has 0 amide bonds. The average Bonchev–Trinajstić information content (AvgIpc) is 2.45. The van der Waals surface area contributed by atoms with Gasteiger partial charge in [-0.15, -0.1) is 0 Å². The van der Waals surface area contributed by atoms with Crippen molar-refractivity contribution in [3.8, 4) is 0 Å². The summed E-state index contributed by atoms with van der Waals surface area (Å²) in [6.45, 7) is 0. The van der Waals surface area contributed by atoms with Crippen LogP contribution in [0.5, 0.6) is 0 Å². The number of aliphatic imine (C=N–C) groups is 1. The smallest absolute Gasteiger partial charge is 0.356 e. The zero-order chi connectivity index (χ0) is 13.7. The fraction of sp³-hybridized carbons (Fsp3) is 0.0714. The van der Waals surface area contributed by atoms with Crippen molar-refractivity contribution in [2.45, 2.75) is 0 Å². The number of ether oxygens (including phenoxy) is 1. The van der Waals surface area contributed by atoms with Gasteiger partial charge in [-0.3, -0.25) is 4.99 Å². The molecule has 0 radical (unpaired) electrons. The second-order valence-corrected chi connectivity index (χ2v) is 4.14. The van der Waals surface area contributed by atoms with E-state index in [1.165, 1.54) is 13.3 Å². The average molecular weight is 275 g/mol. The van der Waals surface area contributed by atoms with Crippen molar-refractivity contribution in [2.24, 2.45) is 4.99 Å². The van der Waals surface area contributed by atoms with Crippen molar-refractivity contribution in [2.75, 3.05) is 7.11 Å². The molecule has 0 bridgehead atoms. The third-order valence-electron chi connectivity index (χ3n) is 2.35. The van der Waals surface area contributed by atoms with Crippen LogP contribution in [-0.2, 0) is 4.74 Å². The van der Waals surface area contributed by atoms with Gasteiger partial charge in [0.1, 0.15) is 5.69 Å². The molecular weight excluding hydrogens is 264 g/mol. The highest BCUT2D eigenvalue weighted by molar-refractivity contribution is 6.30. The number of hydrogen-bond donors (Lipinski definition) is 0. The van der Waals surface area contributed by atoms with E-state index in [1.807, 2.05) is 12.1 Å². The van der Waals surface area contributed by atoms with Crippen LogP contribution < -0.4 is 0 Å². The molecular formula is C14H11ClN2O2. The summed E-state index contributed by atoms with van der Waals surface area (Å²) < 4.78 is 4.56. The third kappa shape index (κ3) is 3.63. The molecule has 0 aliphatic carbocycles.